The molecule has 0 saturated heterocycles. The Balaban J connectivity index is 2.13. The lowest BCUT2D eigenvalue weighted by molar-refractivity contribution is -0.113. The Labute approximate surface area is 146 Å². The van der Waals surface area contributed by atoms with Gasteiger partial charge in [-0.15, -0.1) is 0 Å². The van der Waals surface area contributed by atoms with Crippen LogP contribution in [0.3, 0.4) is 0 Å². The van der Waals surface area contributed by atoms with E-state index in [1.165, 1.54) is 6.07 Å². The zero-order chi connectivity index (χ0) is 17.4. The molecule has 0 aliphatic heterocycles. The van der Waals surface area contributed by atoms with E-state index >= 15 is 0 Å². The molecule has 1 aliphatic rings. The molecular weight excluding hydrogens is 360 g/mol. The zero-order valence-electron chi connectivity index (χ0n) is 12.2. The fraction of sp³-hybridized carbons (Fsp3) is 0.188. The van der Waals surface area contributed by atoms with Crippen molar-refractivity contribution in [2.75, 3.05) is 6.61 Å². The number of hydrogen-bond acceptors (Lipinski definition) is 4. The van der Waals surface area contributed by atoms with Gasteiger partial charge in [0.2, 0.25) is 11.8 Å². The van der Waals surface area contributed by atoms with Gasteiger partial charge in [0.1, 0.15) is 11.6 Å². The van der Waals surface area contributed by atoms with Gasteiger partial charge in [-0.3, -0.25) is 4.79 Å². The van der Waals surface area contributed by atoms with Crippen molar-refractivity contribution in [1.29, 1.82) is 0 Å². The van der Waals surface area contributed by atoms with Crippen molar-refractivity contribution in [3.05, 3.63) is 40.2 Å². The number of nitrogens with zero attached hydrogens (tertiary/aromatic N) is 1. The predicted octanol–water partition coefficient (Wildman–Crippen LogP) is 3.78. The Hall–Kier alpha value is -2.18. The van der Waals surface area contributed by atoms with Crippen molar-refractivity contribution in [3.8, 4) is 23.2 Å². The number of halogens is 3. The van der Waals surface area contributed by atoms with Crippen LogP contribution in [0.1, 0.15) is 17.5 Å². The monoisotopic (exact) mass is 371 g/mol. The van der Waals surface area contributed by atoms with Crippen LogP contribution in [0.4, 0.5) is 4.39 Å². The smallest absolute Gasteiger partial charge is 0.259 e. The standard InChI is InChI=1S/C16H12Cl2FNO4/c17-10-5-11(19)12(6-13(10)24-7-14(18)21)20-15(22)8-3-1-2-4-9(8)16(20)23/h1,3,5-6,22-23H,2,4,7H2. The van der Waals surface area contributed by atoms with E-state index in [4.69, 9.17) is 27.9 Å². The van der Waals surface area contributed by atoms with E-state index in [2.05, 4.69) is 0 Å². The van der Waals surface area contributed by atoms with E-state index in [1.807, 2.05) is 6.08 Å². The molecule has 0 unspecified atom stereocenters. The number of carbonyl (C=O) groups excluding carboxylic acids is 1. The van der Waals surface area contributed by atoms with Crippen LogP contribution >= 0.6 is 23.2 Å². The summed E-state index contributed by atoms with van der Waals surface area (Å²) < 4.78 is 20.4. The van der Waals surface area contributed by atoms with Crippen molar-refractivity contribution in [1.82, 2.24) is 4.57 Å². The lowest BCUT2D eigenvalue weighted by Crippen LogP contribution is -2.06. The molecule has 0 amide bonds. The summed E-state index contributed by atoms with van der Waals surface area (Å²) in [4.78, 5) is 10.8. The number of hydrogen-bond donors (Lipinski definition) is 2. The highest BCUT2D eigenvalue weighted by molar-refractivity contribution is 6.63. The van der Waals surface area contributed by atoms with E-state index < -0.39 is 17.7 Å². The molecule has 0 bridgehead atoms. The molecule has 0 saturated carbocycles. The Morgan fingerprint density at radius 2 is 2.08 bits per heavy atom. The van der Waals surface area contributed by atoms with E-state index in [9.17, 15) is 19.4 Å². The van der Waals surface area contributed by atoms with Crippen LogP contribution in [0.5, 0.6) is 17.5 Å². The van der Waals surface area contributed by atoms with Gasteiger partial charge < -0.3 is 14.9 Å². The van der Waals surface area contributed by atoms with Gasteiger partial charge in [0.25, 0.3) is 5.24 Å². The molecule has 2 aromatic rings. The minimum Gasteiger partial charge on any atom is -0.494 e. The first kappa shape index (κ1) is 16.7. The molecule has 8 heteroatoms. The SMILES string of the molecule is O=C(Cl)COc1cc(-n2c(O)c3c(c2O)CCC=C3)c(F)cc1Cl. The van der Waals surface area contributed by atoms with Crippen molar-refractivity contribution in [2.45, 2.75) is 12.8 Å². The van der Waals surface area contributed by atoms with Crippen molar-refractivity contribution >= 4 is 34.5 Å². The van der Waals surface area contributed by atoms with Gasteiger partial charge in [-0.1, -0.05) is 23.8 Å². The highest BCUT2D eigenvalue weighted by Crippen LogP contribution is 2.42. The second-order valence-electron chi connectivity index (χ2n) is 5.19. The normalized spacial score (nSPS) is 13.0. The van der Waals surface area contributed by atoms with Gasteiger partial charge in [-0.2, -0.15) is 0 Å². The number of allylic oxidation sites excluding steroid dienone is 1. The fourth-order valence-electron chi connectivity index (χ4n) is 2.62. The maximum Gasteiger partial charge on any atom is 0.259 e. The summed E-state index contributed by atoms with van der Waals surface area (Å²) in [5, 5.41) is 19.9. The van der Waals surface area contributed by atoms with Gasteiger partial charge in [-0.25, -0.2) is 8.96 Å². The lowest BCUT2D eigenvalue weighted by Gasteiger charge is -2.12. The maximum absolute atomic E-state index is 14.3. The lowest BCUT2D eigenvalue weighted by atomic mass is 10.0. The van der Waals surface area contributed by atoms with Crippen molar-refractivity contribution in [3.63, 3.8) is 0 Å². The van der Waals surface area contributed by atoms with E-state index in [-0.39, 0.29) is 28.2 Å². The molecule has 3 rings (SSSR count). The van der Waals surface area contributed by atoms with Crippen LogP contribution < -0.4 is 4.74 Å². The zero-order valence-corrected chi connectivity index (χ0v) is 13.7. The minimum absolute atomic E-state index is 0.00285. The molecule has 0 radical (unpaired) electrons. The van der Waals surface area contributed by atoms with Crippen LogP contribution in [-0.2, 0) is 11.2 Å². The molecule has 2 N–H and O–H groups in total. The topological polar surface area (TPSA) is 71.7 Å². The summed E-state index contributed by atoms with van der Waals surface area (Å²) in [5.74, 6) is -1.32. The number of carbonyl (C=O) groups is 1. The number of ether oxygens (including phenoxy) is 1. The van der Waals surface area contributed by atoms with Gasteiger partial charge in [-0.05, 0) is 30.5 Å². The molecule has 1 aromatic heterocycles. The summed E-state index contributed by atoms with van der Waals surface area (Å²) in [5.41, 5.74) is 0.809. The number of fused-ring (bicyclic) bond motifs is 1. The van der Waals surface area contributed by atoms with Gasteiger partial charge in [0.15, 0.2) is 6.61 Å². The molecule has 1 aliphatic carbocycles. The molecular formula is C16H12Cl2FNO4. The molecule has 0 atom stereocenters. The average molecular weight is 372 g/mol. The van der Waals surface area contributed by atoms with Crippen LogP contribution in [-0.4, -0.2) is 26.6 Å². The van der Waals surface area contributed by atoms with E-state index in [1.54, 1.807) is 6.08 Å². The third kappa shape index (κ3) is 2.83. The summed E-state index contributed by atoms with van der Waals surface area (Å²) in [7, 11) is 0. The largest absolute Gasteiger partial charge is 0.494 e. The highest BCUT2D eigenvalue weighted by atomic mass is 35.5. The predicted molar refractivity (Wildman–Crippen MR) is 87.8 cm³/mol. The first-order valence-corrected chi connectivity index (χ1v) is 7.78. The van der Waals surface area contributed by atoms with Crippen LogP contribution in [0.25, 0.3) is 11.8 Å². The Morgan fingerprint density at radius 1 is 1.33 bits per heavy atom. The number of benzene rings is 1. The second kappa shape index (κ2) is 6.37. The number of rotatable bonds is 4. The second-order valence-corrected chi connectivity index (χ2v) is 6.02. The molecule has 5 nitrogen and oxygen atoms in total. The molecule has 0 fully saturated rings. The van der Waals surface area contributed by atoms with Gasteiger partial charge in [0.05, 0.1) is 10.7 Å². The maximum atomic E-state index is 14.3. The number of aromatic hydroxyl groups is 2. The third-order valence-corrected chi connectivity index (χ3v) is 4.09. The quantitative estimate of drug-likeness (QED) is 0.802. The van der Waals surface area contributed by atoms with Crippen LogP contribution in [0, 0.1) is 5.82 Å². The van der Waals surface area contributed by atoms with E-state index in [0.29, 0.717) is 24.0 Å². The summed E-state index contributed by atoms with van der Waals surface area (Å²) in [6.07, 6.45) is 4.75. The molecule has 1 aromatic carbocycles. The number of aromatic nitrogens is 1. The van der Waals surface area contributed by atoms with Crippen molar-refractivity contribution < 1.29 is 24.1 Å². The highest BCUT2D eigenvalue weighted by Gasteiger charge is 2.25. The van der Waals surface area contributed by atoms with Crippen LogP contribution in [0.2, 0.25) is 5.02 Å². The third-order valence-electron chi connectivity index (χ3n) is 3.69. The summed E-state index contributed by atoms with van der Waals surface area (Å²) in [6, 6.07) is 2.16. The molecule has 0 spiro atoms. The van der Waals surface area contributed by atoms with Gasteiger partial charge in [0, 0.05) is 17.2 Å². The Bertz CT molecular complexity index is 860. The fourth-order valence-corrected chi connectivity index (χ4v) is 2.88. The van der Waals surface area contributed by atoms with Gasteiger partial charge >= 0.3 is 0 Å². The van der Waals surface area contributed by atoms with Crippen LogP contribution in [0.15, 0.2) is 18.2 Å². The van der Waals surface area contributed by atoms with Crippen molar-refractivity contribution in [2.24, 2.45) is 0 Å². The molecule has 24 heavy (non-hydrogen) atoms. The summed E-state index contributed by atoms with van der Waals surface area (Å²) in [6.45, 7) is -0.449. The minimum atomic E-state index is -0.772. The first-order chi connectivity index (χ1) is 11.4. The average Bonchev–Trinajstić information content (AvgIpc) is 2.79. The Kier molecular flexibility index (Phi) is 4.43. The molecule has 126 valence electrons. The molecule has 1 heterocycles. The Morgan fingerprint density at radius 3 is 2.75 bits per heavy atom. The van der Waals surface area contributed by atoms with E-state index in [0.717, 1.165) is 10.6 Å². The summed E-state index contributed by atoms with van der Waals surface area (Å²) >= 11 is 11.1. The first-order valence-electron chi connectivity index (χ1n) is 7.02.